The third-order valence-electron chi connectivity index (χ3n) is 2.03. The molecular weight excluding hydrogens is 212 g/mol. The number of aryl methyl sites for hydroxylation is 1. The van der Waals surface area contributed by atoms with E-state index < -0.39 is 0 Å². The highest BCUT2D eigenvalue weighted by Gasteiger charge is 2.07. The summed E-state index contributed by atoms with van der Waals surface area (Å²) in [5.41, 5.74) is 0.897. The Morgan fingerprint density at radius 3 is 2.67 bits per heavy atom. The van der Waals surface area contributed by atoms with Crippen LogP contribution in [0, 0.1) is 0 Å². The minimum Gasteiger partial charge on any atom is -0.334 e. The van der Waals surface area contributed by atoms with Crippen molar-refractivity contribution in [3.05, 3.63) is 35.1 Å². The van der Waals surface area contributed by atoms with Crippen molar-refractivity contribution in [1.29, 1.82) is 0 Å². The van der Waals surface area contributed by atoms with E-state index in [-0.39, 0.29) is 0 Å². The molecule has 0 N–H and O–H groups in total. The summed E-state index contributed by atoms with van der Waals surface area (Å²) in [6.45, 7) is 2.08. The van der Waals surface area contributed by atoms with Crippen molar-refractivity contribution >= 4 is 11.6 Å². The summed E-state index contributed by atoms with van der Waals surface area (Å²) in [6, 6.07) is 7.35. The zero-order valence-corrected chi connectivity index (χ0v) is 9.16. The first-order chi connectivity index (χ1) is 7.29. The maximum Gasteiger partial charge on any atom is 0.257 e. The van der Waals surface area contributed by atoms with Crippen LogP contribution in [0.2, 0.25) is 5.02 Å². The molecule has 1 aromatic carbocycles. The Labute approximate surface area is 93.1 Å². The van der Waals surface area contributed by atoms with E-state index in [1.807, 2.05) is 12.1 Å². The van der Waals surface area contributed by atoms with E-state index >= 15 is 0 Å². The van der Waals surface area contributed by atoms with E-state index in [0.717, 1.165) is 24.2 Å². The van der Waals surface area contributed by atoms with Gasteiger partial charge in [-0.05, 0) is 30.7 Å². The minimum atomic E-state index is 0.551. The fraction of sp³-hybridized carbons (Fsp3) is 0.273. The fourth-order valence-corrected chi connectivity index (χ4v) is 1.41. The van der Waals surface area contributed by atoms with Gasteiger partial charge in [-0.3, -0.25) is 0 Å². The maximum atomic E-state index is 5.79. The van der Waals surface area contributed by atoms with Gasteiger partial charge in [-0.1, -0.05) is 23.7 Å². The van der Waals surface area contributed by atoms with Crippen molar-refractivity contribution in [3.8, 4) is 11.5 Å². The molecule has 15 heavy (non-hydrogen) atoms. The first-order valence-electron chi connectivity index (χ1n) is 4.88. The number of aromatic nitrogens is 2. The quantitative estimate of drug-likeness (QED) is 0.800. The summed E-state index contributed by atoms with van der Waals surface area (Å²) in [6.07, 6.45) is 1.86. The van der Waals surface area contributed by atoms with Gasteiger partial charge in [-0.25, -0.2) is 0 Å². The molecule has 0 spiro atoms. The van der Waals surface area contributed by atoms with Crippen LogP contribution in [0.15, 0.2) is 28.8 Å². The number of nitrogens with zero attached hydrogens (tertiary/aromatic N) is 2. The third-order valence-corrected chi connectivity index (χ3v) is 2.28. The number of hydrogen-bond acceptors (Lipinski definition) is 3. The van der Waals surface area contributed by atoms with Gasteiger partial charge in [0.05, 0.1) is 0 Å². The number of halogens is 1. The molecule has 0 fully saturated rings. The maximum absolute atomic E-state index is 5.79. The van der Waals surface area contributed by atoms with Gasteiger partial charge in [0.15, 0.2) is 5.82 Å². The van der Waals surface area contributed by atoms with Crippen LogP contribution in [0.1, 0.15) is 19.2 Å². The smallest absolute Gasteiger partial charge is 0.257 e. The van der Waals surface area contributed by atoms with Gasteiger partial charge in [0.2, 0.25) is 0 Å². The van der Waals surface area contributed by atoms with Gasteiger partial charge in [0.25, 0.3) is 5.89 Å². The van der Waals surface area contributed by atoms with Crippen molar-refractivity contribution in [1.82, 2.24) is 10.1 Å². The Kier molecular flexibility index (Phi) is 3.02. The average molecular weight is 223 g/mol. The molecule has 2 rings (SSSR count). The monoisotopic (exact) mass is 222 g/mol. The lowest BCUT2D eigenvalue weighted by molar-refractivity contribution is 0.422. The average Bonchev–Trinajstić information content (AvgIpc) is 2.68. The van der Waals surface area contributed by atoms with Crippen LogP contribution < -0.4 is 0 Å². The molecule has 0 unspecified atom stereocenters. The molecule has 0 aliphatic carbocycles. The predicted octanol–water partition coefficient (Wildman–Crippen LogP) is 3.34. The molecule has 0 atom stereocenters. The van der Waals surface area contributed by atoms with Crippen molar-refractivity contribution in [2.45, 2.75) is 19.8 Å². The Balaban J connectivity index is 2.25. The van der Waals surface area contributed by atoms with Crippen LogP contribution in [-0.2, 0) is 6.42 Å². The summed E-state index contributed by atoms with van der Waals surface area (Å²) in [5, 5.41) is 4.59. The van der Waals surface area contributed by atoms with Crippen molar-refractivity contribution < 1.29 is 4.52 Å². The second kappa shape index (κ2) is 4.45. The molecule has 0 amide bonds. The van der Waals surface area contributed by atoms with E-state index in [9.17, 15) is 0 Å². The van der Waals surface area contributed by atoms with E-state index in [2.05, 4.69) is 17.1 Å². The molecule has 78 valence electrons. The lowest BCUT2D eigenvalue weighted by atomic mass is 10.2. The molecule has 0 aliphatic rings. The fourth-order valence-electron chi connectivity index (χ4n) is 1.29. The van der Waals surface area contributed by atoms with Gasteiger partial charge in [0.1, 0.15) is 0 Å². The number of rotatable bonds is 3. The Morgan fingerprint density at radius 2 is 2.00 bits per heavy atom. The van der Waals surface area contributed by atoms with Crippen molar-refractivity contribution in [3.63, 3.8) is 0 Å². The molecule has 4 heteroatoms. The Morgan fingerprint density at radius 1 is 1.27 bits per heavy atom. The van der Waals surface area contributed by atoms with Crippen LogP contribution in [0.4, 0.5) is 0 Å². The normalized spacial score (nSPS) is 10.5. The zero-order valence-electron chi connectivity index (χ0n) is 8.40. The Bertz CT molecular complexity index is 436. The van der Waals surface area contributed by atoms with Gasteiger partial charge in [0, 0.05) is 17.0 Å². The van der Waals surface area contributed by atoms with Crippen LogP contribution in [0.25, 0.3) is 11.5 Å². The first kappa shape index (κ1) is 10.2. The topological polar surface area (TPSA) is 38.9 Å². The number of benzene rings is 1. The largest absolute Gasteiger partial charge is 0.334 e. The highest BCUT2D eigenvalue weighted by Crippen LogP contribution is 2.19. The SMILES string of the molecule is CCCc1noc(-c2ccc(Cl)cc2)n1. The minimum absolute atomic E-state index is 0.551. The zero-order chi connectivity index (χ0) is 10.7. The van der Waals surface area contributed by atoms with Crippen LogP contribution >= 0.6 is 11.6 Å². The molecule has 1 aromatic heterocycles. The van der Waals surface area contributed by atoms with Crippen LogP contribution in [-0.4, -0.2) is 10.1 Å². The standard InChI is InChI=1S/C11H11ClN2O/c1-2-3-10-13-11(15-14-10)8-4-6-9(12)7-5-8/h4-7H,2-3H2,1H3. The molecular formula is C11H11ClN2O. The predicted molar refractivity (Wildman–Crippen MR) is 58.7 cm³/mol. The van der Waals surface area contributed by atoms with Crippen LogP contribution in [0.3, 0.4) is 0 Å². The third kappa shape index (κ3) is 2.36. The summed E-state index contributed by atoms with van der Waals surface area (Å²) >= 11 is 5.79. The molecule has 0 aliphatic heterocycles. The molecule has 0 bridgehead atoms. The molecule has 2 aromatic rings. The first-order valence-corrected chi connectivity index (χ1v) is 5.26. The lowest BCUT2D eigenvalue weighted by Gasteiger charge is -1.92. The molecule has 3 nitrogen and oxygen atoms in total. The highest BCUT2D eigenvalue weighted by atomic mass is 35.5. The second-order valence-corrected chi connectivity index (χ2v) is 3.71. The Hall–Kier alpha value is -1.35. The molecule has 0 saturated carbocycles. The van der Waals surface area contributed by atoms with Gasteiger partial charge >= 0.3 is 0 Å². The van der Waals surface area contributed by atoms with E-state index in [0.29, 0.717) is 10.9 Å². The van der Waals surface area contributed by atoms with Crippen molar-refractivity contribution in [2.24, 2.45) is 0 Å². The van der Waals surface area contributed by atoms with Gasteiger partial charge in [-0.2, -0.15) is 4.98 Å². The van der Waals surface area contributed by atoms with Gasteiger partial charge < -0.3 is 4.52 Å². The van der Waals surface area contributed by atoms with E-state index in [1.165, 1.54) is 0 Å². The summed E-state index contributed by atoms with van der Waals surface area (Å²) in [4.78, 5) is 4.28. The summed E-state index contributed by atoms with van der Waals surface area (Å²) in [5.74, 6) is 1.30. The van der Waals surface area contributed by atoms with E-state index in [1.54, 1.807) is 12.1 Å². The molecule has 0 saturated heterocycles. The highest BCUT2D eigenvalue weighted by molar-refractivity contribution is 6.30. The van der Waals surface area contributed by atoms with Crippen LogP contribution in [0.5, 0.6) is 0 Å². The van der Waals surface area contributed by atoms with E-state index in [4.69, 9.17) is 16.1 Å². The lowest BCUT2D eigenvalue weighted by Crippen LogP contribution is -1.85. The molecule has 0 radical (unpaired) electrons. The second-order valence-electron chi connectivity index (χ2n) is 3.27. The number of hydrogen-bond donors (Lipinski definition) is 0. The van der Waals surface area contributed by atoms with Gasteiger partial charge in [-0.15, -0.1) is 0 Å². The van der Waals surface area contributed by atoms with Crippen molar-refractivity contribution in [2.75, 3.05) is 0 Å². The summed E-state index contributed by atoms with van der Waals surface area (Å²) in [7, 11) is 0. The molecule has 1 heterocycles. The summed E-state index contributed by atoms with van der Waals surface area (Å²) < 4.78 is 5.14.